The van der Waals surface area contributed by atoms with Crippen LogP contribution < -0.4 is 0 Å². The zero-order valence-corrected chi connectivity index (χ0v) is 15.1. The molecule has 0 saturated heterocycles. The number of para-hydroxylation sites is 1. The molecule has 0 bridgehead atoms. The van der Waals surface area contributed by atoms with Crippen LogP contribution in [0.2, 0.25) is 0 Å². The number of rotatable bonds is 1. The SMILES string of the molecule is CC1(C)CC2C[N+](c3ccccc3)=NC2(C)C1.O=S(=O)([O-])C(F)(F)F. The van der Waals surface area contributed by atoms with Crippen LogP contribution in [0.25, 0.3) is 0 Å². The van der Waals surface area contributed by atoms with E-state index < -0.39 is 15.6 Å². The van der Waals surface area contributed by atoms with Gasteiger partial charge in [0, 0.05) is 12.1 Å². The van der Waals surface area contributed by atoms with E-state index in [0.717, 1.165) is 12.5 Å². The quantitative estimate of drug-likeness (QED) is 0.420. The summed E-state index contributed by atoms with van der Waals surface area (Å²) in [7, 11) is -6.09. The molecule has 1 aromatic carbocycles. The molecular formula is C16H21F3N2O3S. The smallest absolute Gasteiger partial charge is 0.485 e. The highest BCUT2D eigenvalue weighted by molar-refractivity contribution is 7.86. The van der Waals surface area contributed by atoms with Gasteiger partial charge in [0.05, 0.1) is 5.92 Å². The Morgan fingerprint density at radius 2 is 1.72 bits per heavy atom. The van der Waals surface area contributed by atoms with E-state index >= 15 is 0 Å². The number of alkyl halides is 3. The van der Waals surface area contributed by atoms with Crippen molar-refractivity contribution in [2.45, 2.75) is 44.7 Å². The Bertz CT molecular complexity index is 761. The third kappa shape index (κ3) is 4.58. The van der Waals surface area contributed by atoms with Gasteiger partial charge in [-0.1, -0.05) is 36.7 Å². The van der Waals surface area contributed by atoms with Crippen molar-refractivity contribution >= 4 is 15.8 Å². The van der Waals surface area contributed by atoms with Gasteiger partial charge in [0.1, 0.15) is 5.54 Å². The molecule has 0 spiro atoms. The molecule has 2 aliphatic rings. The van der Waals surface area contributed by atoms with E-state index in [4.69, 9.17) is 18.1 Å². The minimum absolute atomic E-state index is 0.166. The van der Waals surface area contributed by atoms with Gasteiger partial charge in [-0.2, -0.15) is 13.2 Å². The van der Waals surface area contributed by atoms with Crippen LogP contribution in [0.4, 0.5) is 18.9 Å². The third-order valence-electron chi connectivity index (χ3n) is 4.60. The van der Waals surface area contributed by atoms with E-state index in [-0.39, 0.29) is 5.54 Å². The Balaban J connectivity index is 0.000000242. The van der Waals surface area contributed by atoms with Crippen LogP contribution in [-0.4, -0.2) is 35.3 Å². The number of benzene rings is 1. The predicted molar refractivity (Wildman–Crippen MR) is 84.3 cm³/mol. The van der Waals surface area contributed by atoms with Gasteiger partial charge < -0.3 is 4.55 Å². The molecular weight excluding hydrogens is 357 g/mol. The number of hydrogen-bond acceptors (Lipinski definition) is 4. The maximum atomic E-state index is 10.7. The summed E-state index contributed by atoms with van der Waals surface area (Å²) in [6.45, 7) is 8.16. The molecule has 140 valence electrons. The first kappa shape index (κ1) is 19.8. The van der Waals surface area contributed by atoms with Crippen molar-refractivity contribution in [1.82, 2.24) is 0 Å². The summed E-state index contributed by atoms with van der Waals surface area (Å²) in [6.07, 6.45) is 2.52. The number of azo groups is 2. The van der Waals surface area contributed by atoms with Gasteiger partial charge in [-0.05, 0) is 30.3 Å². The molecule has 5 nitrogen and oxygen atoms in total. The fourth-order valence-corrected chi connectivity index (χ4v) is 3.74. The van der Waals surface area contributed by atoms with Crippen molar-refractivity contribution in [3.05, 3.63) is 30.3 Å². The standard InChI is InChI=1S/C15H21N2.CHF3O3S/c1-14(2)9-12-10-17(16-15(12,3)11-14)13-7-5-4-6-8-13;2-1(3,4)8(5,6)7/h4-8,12H,9-11H2,1-3H3;(H,5,6,7)/q+1;/p-1. The lowest BCUT2D eigenvalue weighted by atomic mass is 9.89. The lowest BCUT2D eigenvalue weighted by molar-refractivity contribution is -0.504. The topological polar surface area (TPSA) is 72.6 Å². The first-order chi connectivity index (χ1) is 11.2. The summed E-state index contributed by atoms with van der Waals surface area (Å²) in [6, 6.07) is 10.5. The molecule has 0 amide bonds. The normalized spacial score (nSPS) is 28.0. The van der Waals surface area contributed by atoms with Crippen molar-refractivity contribution in [2.75, 3.05) is 6.54 Å². The number of nitrogens with zero attached hydrogens (tertiary/aromatic N) is 2. The van der Waals surface area contributed by atoms with E-state index in [0.29, 0.717) is 5.41 Å². The van der Waals surface area contributed by atoms with Crippen molar-refractivity contribution in [1.29, 1.82) is 0 Å². The van der Waals surface area contributed by atoms with Crippen LogP contribution in [0.15, 0.2) is 35.4 Å². The van der Waals surface area contributed by atoms with E-state index in [9.17, 15) is 13.2 Å². The van der Waals surface area contributed by atoms with Crippen molar-refractivity contribution in [3.63, 3.8) is 0 Å². The second-order valence-electron chi connectivity index (χ2n) is 7.52. The summed E-state index contributed by atoms with van der Waals surface area (Å²) in [4.78, 5) is 0. The molecule has 0 N–H and O–H groups in total. The average molecular weight is 378 g/mol. The molecule has 1 fully saturated rings. The van der Waals surface area contributed by atoms with Gasteiger partial charge in [0.2, 0.25) is 5.69 Å². The molecule has 0 aromatic heterocycles. The highest BCUT2D eigenvalue weighted by Gasteiger charge is 2.56. The fraction of sp³-hybridized carbons (Fsp3) is 0.625. The van der Waals surface area contributed by atoms with Crippen molar-refractivity contribution < 1.29 is 30.8 Å². The van der Waals surface area contributed by atoms with E-state index in [1.54, 1.807) is 0 Å². The Morgan fingerprint density at radius 3 is 2.16 bits per heavy atom. The molecule has 0 radical (unpaired) electrons. The van der Waals surface area contributed by atoms with Gasteiger partial charge >= 0.3 is 5.51 Å². The number of halogens is 3. The first-order valence-electron chi connectivity index (χ1n) is 7.81. The van der Waals surface area contributed by atoms with Gasteiger partial charge in [0.15, 0.2) is 16.7 Å². The predicted octanol–water partition coefficient (Wildman–Crippen LogP) is 4.04. The Hall–Kier alpha value is -1.48. The van der Waals surface area contributed by atoms with E-state index in [2.05, 4.69) is 55.8 Å². The molecule has 25 heavy (non-hydrogen) atoms. The Kier molecular flexibility index (Phi) is 5.04. The number of hydrogen-bond donors (Lipinski definition) is 0. The summed E-state index contributed by atoms with van der Waals surface area (Å²) < 4.78 is 61.1. The minimum atomic E-state index is -6.09. The van der Waals surface area contributed by atoms with Crippen LogP contribution in [0.1, 0.15) is 33.6 Å². The zero-order chi connectivity index (χ0) is 19.1. The van der Waals surface area contributed by atoms with Gasteiger partial charge in [-0.25, -0.2) is 8.42 Å². The highest BCUT2D eigenvalue weighted by atomic mass is 32.2. The van der Waals surface area contributed by atoms with Crippen molar-refractivity contribution in [2.24, 2.45) is 16.4 Å². The molecule has 1 heterocycles. The summed E-state index contributed by atoms with van der Waals surface area (Å²) in [5.41, 5.74) is -3.78. The molecule has 1 aliphatic carbocycles. The third-order valence-corrected chi connectivity index (χ3v) is 5.16. The molecule has 2 atom stereocenters. The second kappa shape index (κ2) is 6.35. The van der Waals surface area contributed by atoms with E-state index in [1.165, 1.54) is 18.5 Å². The van der Waals surface area contributed by atoms with Crippen molar-refractivity contribution in [3.8, 4) is 0 Å². The molecule has 2 unspecified atom stereocenters. The molecule has 1 aromatic rings. The largest absolute Gasteiger partial charge is 0.741 e. The molecule has 1 saturated carbocycles. The van der Waals surface area contributed by atoms with Crippen LogP contribution in [0.3, 0.4) is 0 Å². The highest BCUT2D eigenvalue weighted by Crippen LogP contribution is 2.52. The lowest BCUT2D eigenvalue weighted by Gasteiger charge is -2.18. The van der Waals surface area contributed by atoms with E-state index in [1.807, 2.05) is 0 Å². The van der Waals surface area contributed by atoms with Crippen LogP contribution in [0.5, 0.6) is 0 Å². The summed E-state index contributed by atoms with van der Waals surface area (Å²) >= 11 is 0. The van der Waals surface area contributed by atoms with Crippen LogP contribution in [-0.2, 0) is 10.1 Å². The fourth-order valence-electron chi connectivity index (χ4n) is 3.74. The summed E-state index contributed by atoms with van der Waals surface area (Å²) in [5, 5.41) is 4.98. The summed E-state index contributed by atoms with van der Waals surface area (Å²) in [5.74, 6) is 0.720. The van der Waals surface area contributed by atoms with Gasteiger partial charge in [-0.15, -0.1) is 0 Å². The van der Waals surface area contributed by atoms with Crippen LogP contribution >= 0.6 is 0 Å². The number of fused-ring (bicyclic) bond motifs is 1. The minimum Gasteiger partial charge on any atom is -0.741 e. The maximum Gasteiger partial charge on any atom is 0.485 e. The molecule has 3 rings (SSSR count). The van der Waals surface area contributed by atoms with Crippen LogP contribution in [0, 0.1) is 11.3 Å². The monoisotopic (exact) mass is 378 g/mol. The zero-order valence-electron chi connectivity index (χ0n) is 14.2. The Morgan fingerprint density at radius 1 is 1.20 bits per heavy atom. The lowest BCUT2D eigenvalue weighted by Crippen LogP contribution is -2.24. The molecule has 9 heteroatoms. The average Bonchev–Trinajstić information content (AvgIpc) is 2.84. The van der Waals surface area contributed by atoms with Gasteiger partial charge in [-0.3, -0.25) is 0 Å². The van der Waals surface area contributed by atoms with Gasteiger partial charge in [0.25, 0.3) is 0 Å². The maximum absolute atomic E-state index is 10.7. The first-order valence-corrected chi connectivity index (χ1v) is 9.22. The Labute approximate surface area is 145 Å². The second-order valence-corrected chi connectivity index (χ2v) is 8.89. The molecule has 1 aliphatic heterocycles.